The summed E-state index contributed by atoms with van der Waals surface area (Å²) < 4.78 is 10.5. The molecule has 2 N–H and O–H groups in total. The average Bonchev–Trinajstić information content (AvgIpc) is 2.46. The first kappa shape index (κ1) is 13.7. The van der Waals surface area contributed by atoms with Crippen LogP contribution in [0, 0.1) is 0 Å². The number of anilines is 1. The maximum Gasteiger partial charge on any atom is 0.254 e. The Morgan fingerprint density at radius 2 is 2.05 bits per heavy atom. The van der Waals surface area contributed by atoms with Crippen molar-refractivity contribution in [1.82, 2.24) is 4.90 Å². The largest absolute Gasteiger partial charge is 0.497 e. The summed E-state index contributed by atoms with van der Waals surface area (Å²) in [5.41, 5.74) is 6.87. The van der Waals surface area contributed by atoms with Crippen molar-refractivity contribution in [2.45, 2.75) is 18.9 Å². The van der Waals surface area contributed by atoms with Crippen LogP contribution < -0.4 is 10.5 Å². The van der Waals surface area contributed by atoms with E-state index < -0.39 is 0 Å². The first-order valence-corrected chi connectivity index (χ1v) is 6.41. The zero-order valence-corrected chi connectivity index (χ0v) is 11.4. The molecule has 0 aromatic heterocycles. The highest BCUT2D eigenvalue weighted by Crippen LogP contribution is 2.21. The average molecular weight is 264 g/mol. The monoisotopic (exact) mass is 264 g/mol. The van der Waals surface area contributed by atoms with Crippen LogP contribution in [-0.4, -0.2) is 44.2 Å². The van der Waals surface area contributed by atoms with Crippen LogP contribution in [0.25, 0.3) is 0 Å². The van der Waals surface area contributed by atoms with Gasteiger partial charge in [0.15, 0.2) is 0 Å². The first-order valence-electron chi connectivity index (χ1n) is 6.41. The van der Waals surface area contributed by atoms with Crippen molar-refractivity contribution < 1.29 is 14.3 Å². The molecular weight excluding hydrogens is 244 g/mol. The van der Waals surface area contributed by atoms with Crippen LogP contribution in [0.1, 0.15) is 23.2 Å². The van der Waals surface area contributed by atoms with Gasteiger partial charge in [-0.2, -0.15) is 0 Å². The number of amides is 1. The summed E-state index contributed by atoms with van der Waals surface area (Å²) in [5.74, 6) is 0.571. The molecule has 5 heteroatoms. The minimum absolute atomic E-state index is 0.0301. The van der Waals surface area contributed by atoms with E-state index in [0.29, 0.717) is 30.2 Å². The van der Waals surface area contributed by atoms with Crippen LogP contribution in [0.3, 0.4) is 0 Å². The lowest BCUT2D eigenvalue weighted by Gasteiger charge is -2.31. The van der Waals surface area contributed by atoms with Gasteiger partial charge in [0.2, 0.25) is 0 Å². The molecular formula is C14H20N2O3. The summed E-state index contributed by atoms with van der Waals surface area (Å²) in [6.07, 6.45) is 1.75. The lowest BCUT2D eigenvalue weighted by molar-refractivity contribution is 0.0362. The van der Waals surface area contributed by atoms with Crippen molar-refractivity contribution in [3.63, 3.8) is 0 Å². The highest BCUT2D eigenvalue weighted by Gasteiger charge is 2.23. The van der Waals surface area contributed by atoms with Gasteiger partial charge in [-0.1, -0.05) is 0 Å². The predicted octanol–water partition coefficient (Wildman–Crippen LogP) is 1.53. The highest BCUT2D eigenvalue weighted by molar-refractivity contribution is 5.95. The van der Waals surface area contributed by atoms with Crippen LogP contribution in [0.2, 0.25) is 0 Å². The van der Waals surface area contributed by atoms with Crippen molar-refractivity contribution in [1.29, 1.82) is 0 Å². The topological polar surface area (TPSA) is 64.8 Å². The second-order valence-electron chi connectivity index (χ2n) is 4.75. The third kappa shape index (κ3) is 3.17. The van der Waals surface area contributed by atoms with Crippen LogP contribution in [-0.2, 0) is 4.74 Å². The third-order valence-corrected chi connectivity index (χ3v) is 3.47. The first-order chi connectivity index (χ1) is 9.11. The summed E-state index contributed by atoms with van der Waals surface area (Å²) in [5, 5.41) is 0. The molecule has 104 valence electrons. The number of carbonyl (C=O) groups is 1. The van der Waals surface area contributed by atoms with Crippen LogP contribution >= 0.6 is 0 Å². The minimum atomic E-state index is -0.0301. The number of nitrogen functional groups attached to an aromatic ring is 1. The van der Waals surface area contributed by atoms with Gasteiger partial charge < -0.3 is 20.1 Å². The standard InChI is InChI=1S/C14H20N2O3/c1-16(12-3-5-19-6-4-12)14(17)10-7-11(15)9-13(8-10)18-2/h7-9,12H,3-6,15H2,1-2H3. The molecule has 1 aliphatic rings. The number of hydrogen-bond donors (Lipinski definition) is 1. The molecule has 1 aliphatic heterocycles. The van der Waals surface area contributed by atoms with Gasteiger partial charge in [-0.25, -0.2) is 0 Å². The van der Waals surface area contributed by atoms with Crippen molar-refractivity contribution in [3.05, 3.63) is 23.8 Å². The summed E-state index contributed by atoms with van der Waals surface area (Å²) in [7, 11) is 3.39. The third-order valence-electron chi connectivity index (χ3n) is 3.47. The maximum atomic E-state index is 12.4. The van der Waals surface area contributed by atoms with Gasteiger partial charge in [0, 0.05) is 43.6 Å². The van der Waals surface area contributed by atoms with Gasteiger partial charge in [0.25, 0.3) is 5.91 Å². The van der Waals surface area contributed by atoms with E-state index in [2.05, 4.69) is 0 Å². The quantitative estimate of drug-likeness (QED) is 0.841. The Labute approximate surface area is 113 Å². The number of methoxy groups -OCH3 is 1. The molecule has 19 heavy (non-hydrogen) atoms. The second-order valence-corrected chi connectivity index (χ2v) is 4.75. The van der Waals surface area contributed by atoms with Gasteiger partial charge >= 0.3 is 0 Å². The molecule has 1 heterocycles. The minimum Gasteiger partial charge on any atom is -0.497 e. The van der Waals surface area contributed by atoms with E-state index in [-0.39, 0.29) is 11.9 Å². The smallest absolute Gasteiger partial charge is 0.254 e. The number of benzene rings is 1. The van der Waals surface area contributed by atoms with Gasteiger partial charge in [-0.05, 0) is 25.0 Å². The Kier molecular flexibility index (Phi) is 4.27. The normalized spacial score (nSPS) is 16.1. The Bertz CT molecular complexity index is 456. The van der Waals surface area contributed by atoms with E-state index in [4.69, 9.17) is 15.2 Å². The van der Waals surface area contributed by atoms with Gasteiger partial charge in [0.1, 0.15) is 5.75 Å². The van der Waals surface area contributed by atoms with Gasteiger partial charge in [-0.15, -0.1) is 0 Å². The second kappa shape index (κ2) is 5.93. The fraction of sp³-hybridized carbons (Fsp3) is 0.500. The van der Waals surface area contributed by atoms with Crippen LogP contribution in [0.15, 0.2) is 18.2 Å². The van der Waals surface area contributed by atoms with Crippen molar-refractivity contribution >= 4 is 11.6 Å². The molecule has 1 amide bonds. The number of hydrogen-bond acceptors (Lipinski definition) is 4. The molecule has 0 saturated carbocycles. The molecule has 2 rings (SSSR count). The molecule has 0 radical (unpaired) electrons. The summed E-state index contributed by atoms with van der Waals surface area (Å²) >= 11 is 0. The molecule has 0 aliphatic carbocycles. The fourth-order valence-electron chi connectivity index (χ4n) is 2.31. The molecule has 1 aromatic carbocycles. The number of nitrogens with zero attached hydrogens (tertiary/aromatic N) is 1. The lowest BCUT2D eigenvalue weighted by atomic mass is 10.1. The molecule has 0 spiro atoms. The predicted molar refractivity (Wildman–Crippen MR) is 73.3 cm³/mol. The number of rotatable bonds is 3. The maximum absolute atomic E-state index is 12.4. The molecule has 0 unspecified atom stereocenters. The number of carbonyl (C=O) groups excluding carboxylic acids is 1. The summed E-state index contributed by atoms with van der Waals surface area (Å²) in [4.78, 5) is 14.2. The number of ether oxygens (including phenoxy) is 2. The fourth-order valence-corrected chi connectivity index (χ4v) is 2.31. The van der Waals surface area contributed by atoms with Crippen molar-refractivity contribution in [2.75, 3.05) is 33.1 Å². The van der Waals surface area contributed by atoms with E-state index in [0.717, 1.165) is 12.8 Å². The zero-order valence-electron chi connectivity index (χ0n) is 11.4. The SMILES string of the molecule is COc1cc(N)cc(C(=O)N(C)C2CCOCC2)c1. The Morgan fingerprint density at radius 1 is 1.37 bits per heavy atom. The van der Waals surface area contributed by atoms with E-state index in [1.165, 1.54) is 0 Å². The van der Waals surface area contributed by atoms with Crippen LogP contribution in [0.4, 0.5) is 5.69 Å². The van der Waals surface area contributed by atoms with Crippen molar-refractivity contribution in [2.24, 2.45) is 0 Å². The van der Waals surface area contributed by atoms with E-state index in [9.17, 15) is 4.79 Å². The summed E-state index contributed by atoms with van der Waals surface area (Å²) in [6, 6.07) is 5.33. The van der Waals surface area contributed by atoms with Crippen molar-refractivity contribution in [3.8, 4) is 5.75 Å². The van der Waals surface area contributed by atoms with Gasteiger partial charge in [0.05, 0.1) is 7.11 Å². The van der Waals surface area contributed by atoms with Gasteiger partial charge in [-0.3, -0.25) is 4.79 Å². The molecule has 1 saturated heterocycles. The Morgan fingerprint density at radius 3 is 2.68 bits per heavy atom. The summed E-state index contributed by atoms with van der Waals surface area (Å²) in [6.45, 7) is 1.42. The lowest BCUT2D eigenvalue weighted by Crippen LogP contribution is -2.40. The molecule has 1 aromatic rings. The van der Waals surface area contributed by atoms with E-state index in [1.807, 2.05) is 7.05 Å². The number of nitrogens with two attached hydrogens (primary N) is 1. The van der Waals surface area contributed by atoms with E-state index >= 15 is 0 Å². The molecule has 1 fully saturated rings. The van der Waals surface area contributed by atoms with Crippen LogP contribution in [0.5, 0.6) is 5.75 Å². The Hall–Kier alpha value is -1.75. The Balaban J connectivity index is 2.15. The molecule has 0 atom stereocenters. The highest BCUT2D eigenvalue weighted by atomic mass is 16.5. The zero-order chi connectivity index (χ0) is 13.8. The van der Waals surface area contributed by atoms with E-state index in [1.54, 1.807) is 30.2 Å². The molecule has 0 bridgehead atoms. The molecule has 5 nitrogen and oxygen atoms in total.